The summed E-state index contributed by atoms with van der Waals surface area (Å²) in [6, 6.07) is 13.7. The Morgan fingerprint density at radius 2 is 1.73 bits per heavy atom. The molecule has 5 heteroatoms. The molecule has 3 aromatic rings. The second-order valence-corrected chi connectivity index (χ2v) is 6.80. The molecule has 1 aromatic heterocycles. The molecule has 0 fully saturated rings. The Hall–Kier alpha value is -2.82. The van der Waals surface area contributed by atoms with Gasteiger partial charge in [0.1, 0.15) is 6.54 Å². The van der Waals surface area contributed by atoms with Gasteiger partial charge in [0.05, 0.1) is 11.0 Å². The van der Waals surface area contributed by atoms with Crippen molar-refractivity contribution in [2.45, 2.75) is 45.7 Å². The molecule has 0 spiro atoms. The summed E-state index contributed by atoms with van der Waals surface area (Å²) in [6.45, 7) is 2.55. The van der Waals surface area contributed by atoms with E-state index in [9.17, 15) is 9.59 Å². The number of carbonyl (C=O) groups excluding carboxylic acids is 1. The molecule has 2 aromatic carbocycles. The number of para-hydroxylation sites is 2. The minimum absolute atomic E-state index is 0.0238. The second-order valence-electron chi connectivity index (χ2n) is 6.80. The fraction of sp³-hybridized carbons (Fsp3) is 0.333. The zero-order valence-electron chi connectivity index (χ0n) is 15.0. The van der Waals surface area contributed by atoms with E-state index in [-0.39, 0.29) is 18.1 Å². The third kappa shape index (κ3) is 2.83. The van der Waals surface area contributed by atoms with Gasteiger partial charge in [-0.25, -0.2) is 4.79 Å². The van der Waals surface area contributed by atoms with Crippen LogP contribution in [0.3, 0.4) is 0 Å². The second kappa shape index (κ2) is 6.83. The molecule has 0 saturated carbocycles. The van der Waals surface area contributed by atoms with Crippen molar-refractivity contribution in [3.8, 4) is 0 Å². The van der Waals surface area contributed by atoms with Crippen molar-refractivity contribution < 1.29 is 4.79 Å². The quantitative estimate of drug-likeness (QED) is 0.785. The molecule has 26 heavy (non-hydrogen) atoms. The summed E-state index contributed by atoms with van der Waals surface area (Å²) in [6.07, 6.45) is 4.43. The lowest BCUT2D eigenvalue weighted by molar-refractivity contribution is -0.116. The van der Waals surface area contributed by atoms with Gasteiger partial charge in [0.2, 0.25) is 5.91 Å². The lowest BCUT2D eigenvalue weighted by atomic mass is 9.90. The molecule has 0 aliphatic heterocycles. The maximum Gasteiger partial charge on any atom is 0.329 e. The van der Waals surface area contributed by atoms with Crippen LogP contribution in [0, 0.1) is 0 Å². The van der Waals surface area contributed by atoms with Crippen molar-refractivity contribution in [3.05, 3.63) is 64.1 Å². The Morgan fingerprint density at radius 3 is 2.50 bits per heavy atom. The number of benzene rings is 2. The summed E-state index contributed by atoms with van der Waals surface area (Å²) >= 11 is 0. The SMILES string of the molecule is CCn1c(=O)n(CC(=O)Nc2cccc3c2CCCC3)c2ccccc21. The van der Waals surface area contributed by atoms with Crippen LogP contribution in [0.15, 0.2) is 47.3 Å². The first kappa shape index (κ1) is 16.6. The smallest absolute Gasteiger partial charge is 0.324 e. The summed E-state index contributed by atoms with van der Waals surface area (Å²) in [4.78, 5) is 25.4. The van der Waals surface area contributed by atoms with Crippen molar-refractivity contribution >= 4 is 22.6 Å². The predicted octanol–water partition coefficient (Wildman–Crippen LogP) is 3.34. The maximum atomic E-state index is 12.7. The number of nitrogens with zero attached hydrogens (tertiary/aromatic N) is 2. The van der Waals surface area contributed by atoms with Crippen LogP contribution in [0.1, 0.15) is 30.9 Å². The van der Waals surface area contributed by atoms with Crippen LogP contribution in [0.25, 0.3) is 11.0 Å². The Bertz CT molecular complexity index is 1030. The molecule has 1 heterocycles. The third-order valence-electron chi connectivity index (χ3n) is 5.21. The molecular formula is C21H23N3O2. The van der Waals surface area contributed by atoms with E-state index in [0.717, 1.165) is 36.0 Å². The average Bonchev–Trinajstić information content (AvgIpc) is 2.93. The normalized spacial score (nSPS) is 13.6. The fourth-order valence-corrected chi connectivity index (χ4v) is 3.96. The fourth-order valence-electron chi connectivity index (χ4n) is 3.96. The Kier molecular flexibility index (Phi) is 4.37. The minimum atomic E-state index is -0.162. The molecule has 1 N–H and O–H groups in total. The first-order valence-corrected chi connectivity index (χ1v) is 9.27. The van der Waals surface area contributed by atoms with E-state index in [4.69, 9.17) is 0 Å². The van der Waals surface area contributed by atoms with Gasteiger partial charge in [0.25, 0.3) is 0 Å². The van der Waals surface area contributed by atoms with Crippen molar-refractivity contribution in [1.82, 2.24) is 9.13 Å². The highest BCUT2D eigenvalue weighted by molar-refractivity contribution is 5.92. The number of imidazole rings is 1. The van der Waals surface area contributed by atoms with Crippen LogP contribution in [0.5, 0.6) is 0 Å². The van der Waals surface area contributed by atoms with Crippen LogP contribution >= 0.6 is 0 Å². The standard InChI is InChI=1S/C21H23N3O2/c1-2-23-18-12-5-6-13-19(18)24(21(23)26)14-20(25)22-17-11-7-9-15-8-3-4-10-16(15)17/h5-7,9,11-13H,2-4,8,10,14H2,1H3,(H,22,25). The summed E-state index contributed by atoms with van der Waals surface area (Å²) < 4.78 is 3.26. The molecule has 134 valence electrons. The number of aromatic nitrogens is 2. The van der Waals surface area contributed by atoms with Gasteiger partial charge in [-0.3, -0.25) is 13.9 Å². The average molecular weight is 349 g/mol. The third-order valence-corrected chi connectivity index (χ3v) is 5.21. The van der Waals surface area contributed by atoms with Gasteiger partial charge in [-0.15, -0.1) is 0 Å². The molecule has 1 amide bonds. The molecule has 0 radical (unpaired) electrons. The molecule has 4 rings (SSSR count). The molecule has 1 aliphatic carbocycles. The van der Waals surface area contributed by atoms with Crippen LogP contribution in [0.2, 0.25) is 0 Å². The largest absolute Gasteiger partial charge is 0.329 e. The van der Waals surface area contributed by atoms with Crippen molar-refractivity contribution in [1.29, 1.82) is 0 Å². The van der Waals surface area contributed by atoms with Gasteiger partial charge in [-0.05, 0) is 61.9 Å². The van der Waals surface area contributed by atoms with Crippen LogP contribution in [0.4, 0.5) is 5.69 Å². The van der Waals surface area contributed by atoms with Crippen LogP contribution in [-0.2, 0) is 30.7 Å². The van der Waals surface area contributed by atoms with Crippen molar-refractivity contribution in [2.24, 2.45) is 0 Å². The van der Waals surface area contributed by atoms with Gasteiger partial charge in [0.15, 0.2) is 0 Å². The topological polar surface area (TPSA) is 56.0 Å². The van der Waals surface area contributed by atoms with E-state index < -0.39 is 0 Å². The zero-order chi connectivity index (χ0) is 18.1. The van der Waals surface area contributed by atoms with Crippen LogP contribution < -0.4 is 11.0 Å². The Balaban J connectivity index is 1.63. The maximum absolute atomic E-state index is 12.7. The predicted molar refractivity (Wildman–Crippen MR) is 104 cm³/mol. The van der Waals surface area contributed by atoms with Gasteiger partial charge < -0.3 is 5.32 Å². The van der Waals surface area contributed by atoms with E-state index in [1.54, 1.807) is 9.13 Å². The summed E-state index contributed by atoms with van der Waals surface area (Å²) in [5.41, 5.74) is 4.98. The minimum Gasteiger partial charge on any atom is -0.324 e. The molecule has 0 bridgehead atoms. The number of anilines is 1. The number of rotatable bonds is 4. The highest BCUT2D eigenvalue weighted by atomic mass is 16.2. The summed E-state index contributed by atoms with van der Waals surface area (Å²) in [7, 11) is 0. The highest BCUT2D eigenvalue weighted by Gasteiger charge is 2.17. The van der Waals surface area contributed by atoms with Gasteiger partial charge >= 0.3 is 5.69 Å². The number of aryl methyl sites for hydroxylation is 2. The lowest BCUT2D eigenvalue weighted by Gasteiger charge is -2.19. The van der Waals surface area contributed by atoms with Gasteiger partial charge in [-0.1, -0.05) is 24.3 Å². The van der Waals surface area contributed by atoms with Gasteiger partial charge in [-0.2, -0.15) is 0 Å². The van der Waals surface area contributed by atoms with E-state index in [2.05, 4.69) is 11.4 Å². The molecule has 0 saturated heterocycles. The van der Waals surface area contributed by atoms with E-state index in [0.29, 0.717) is 6.54 Å². The van der Waals surface area contributed by atoms with E-state index in [1.165, 1.54) is 17.5 Å². The number of hydrogen-bond acceptors (Lipinski definition) is 2. The highest BCUT2D eigenvalue weighted by Crippen LogP contribution is 2.27. The zero-order valence-corrected chi connectivity index (χ0v) is 15.0. The van der Waals surface area contributed by atoms with Gasteiger partial charge in [0, 0.05) is 12.2 Å². The van der Waals surface area contributed by atoms with Crippen molar-refractivity contribution in [2.75, 3.05) is 5.32 Å². The number of hydrogen-bond donors (Lipinski definition) is 1. The Labute approximate surface area is 152 Å². The number of nitrogens with one attached hydrogen (secondary N) is 1. The molecular weight excluding hydrogens is 326 g/mol. The van der Waals surface area contributed by atoms with E-state index >= 15 is 0 Å². The Morgan fingerprint density at radius 1 is 1.00 bits per heavy atom. The monoisotopic (exact) mass is 349 g/mol. The molecule has 0 unspecified atom stereocenters. The molecule has 1 aliphatic rings. The van der Waals surface area contributed by atoms with Crippen LogP contribution in [-0.4, -0.2) is 15.0 Å². The number of carbonyl (C=O) groups is 1. The first-order chi connectivity index (χ1) is 12.7. The number of fused-ring (bicyclic) bond motifs is 2. The lowest BCUT2D eigenvalue weighted by Crippen LogP contribution is -2.29. The summed E-state index contributed by atoms with van der Waals surface area (Å²) in [5.74, 6) is -0.162. The van der Waals surface area contributed by atoms with E-state index in [1.807, 2.05) is 43.3 Å². The summed E-state index contributed by atoms with van der Waals surface area (Å²) in [5, 5.41) is 3.03. The molecule has 5 nitrogen and oxygen atoms in total. The first-order valence-electron chi connectivity index (χ1n) is 9.27. The van der Waals surface area contributed by atoms with Crippen molar-refractivity contribution in [3.63, 3.8) is 0 Å². The number of amides is 1. The molecule has 0 atom stereocenters.